The molecular weight excluding hydrogens is 382 g/mol. The fourth-order valence-electron chi connectivity index (χ4n) is 4.09. The number of phenols is 1. The number of aliphatic hydroxyl groups is 1. The number of benzene rings is 3. The van der Waals surface area contributed by atoms with Crippen LogP contribution in [-0.4, -0.2) is 22.5 Å². The fraction of sp³-hybridized carbons (Fsp3) is 0.321. The Bertz CT molecular complexity index is 978. The normalized spacial score (nSPS) is 13.6. The van der Waals surface area contributed by atoms with E-state index in [1.54, 1.807) is 6.21 Å². The van der Waals surface area contributed by atoms with Crippen LogP contribution in [-0.2, 0) is 11.0 Å². The van der Waals surface area contributed by atoms with Gasteiger partial charge in [-0.05, 0) is 34.1 Å². The highest BCUT2D eigenvalue weighted by Crippen LogP contribution is 2.38. The van der Waals surface area contributed by atoms with Gasteiger partial charge in [0.15, 0.2) is 0 Å². The minimum absolute atomic E-state index is 0.0506. The smallest absolute Gasteiger partial charge is 0.137 e. The number of rotatable bonds is 6. The zero-order valence-corrected chi connectivity index (χ0v) is 19.1. The number of nitrogens with zero attached hydrogens (tertiary/aromatic N) is 1. The van der Waals surface area contributed by atoms with E-state index in [0.717, 1.165) is 16.7 Å². The predicted octanol–water partition coefficient (Wildman–Crippen LogP) is 6.07. The van der Waals surface area contributed by atoms with E-state index in [4.69, 9.17) is 4.99 Å². The molecule has 0 saturated carbocycles. The molecule has 0 spiro atoms. The van der Waals surface area contributed by atoms with E-state index >= 15 is 0 Å². The molecule has 162 valence electrons. The summed E-state index contributed by atoms with van der Waals surface area (Å²) in [5, 5.41) is 23.0. The second kappa shape index (κ2) is 9.07. The van der Waals surface area contributed by atoms with E-state index in [1.807, 2.05) is 78.9 Å². The van der Waals surface area contributed by atoms with Crippen molar-refractivity contribution in [2.75, 3.05) is 0 Å². The van der Waals surface area contributed by atoms with E-state index in [-0.39, 0.29) is 17.1 Å². The highest BCUT2D eigenvalue weighted by atomic mass is 16.3. The van der Waals surface area contributed by atoms with Gasteiger partial charge in [0.05, 0.1) is 6.04 Å². The molecule has 0 aliphatic carbocycles. The molecule has 0 heterocycles. The molecule has 2 N–H and O–H groups in total. The number of aromatic hydroxyl groups is 1. The van der Waals surface area contributed by atoms with Gasteiger partial charge < -0.3 is 10.2 Å². The summed E-state index contributed by atoms with van der Waals surface area (Å²) in [6, 6.07) is 24.7. The third-order valence-corrected chi connectivity index (χ3v) is 5.74. The largest absolute Gasteiger partial charge is 0.507 e. The minimum Gasteiger partial charge on any atom is -0.507 e. The van der Waals surface area contributed by atoms with Crippen molar-refractivity contribution >= 4 is 6.21 Å². The first-order valence-corrected chi connectivity index (χ1v) is 10.8. The SMILES string of the molecule is CC(C)[C@H](N=Cc1cccc(C(C)(C)C)c1O)C(O)(c1ccccc1)c1ccccc1. The van der Waals surface area contributed by atoms with E-state index in [1.165, 1.54) is 0 Å². The first-order valence-electron chi connectivity index (χ1n) is 10.8. The molecule has 3 nitrogen and oxygen atoms in total. The van der Waals surface area contributed by atoms with Crippen molar-refractivity contribution in [1.29, 1.82) is 0 Å². The van der Waals surface area contributed by atoms with Crippen LogP contribution in [0.5, 0.6) is 5.75 Å². The molecule has 0 aromatic heterocycles. The van der Waals surface area contributed by atoms with Crippen LogP contribution in [0.4, 0.5) is 0 Å². The van der Waals surface area contributed by atoms with Gasteiger partial charge in [-0.2, -0.15) is 0 Å². The molecule has 0 unspecified atom stereocenters. The fourth-order valence-corrected chi connectivity index (χ4v) is 4.09. The Morgan fingerprint density at radius 1 is 0.774 bits per heavy atom. The van der Waals surface area contributed by atoms with Crippen LogP contribution in [0.1, 0.15) is 56.9 Å². The monoisotopic (exact) mass is 415 g/mol. The molecule has 0 amide bonds. The lowest BCUT2D eigenvalue weighted by Crippen LogP contribution is -2.42. The molecule has 0 saturated heterocycles. The molecule has 0 radical (unpaired) electrons. The van der Waals surface area contributed by atoms with Crippen molar-refractivity contribution in [1.82, 2.24) is 0 Å². The summed E-state index contributed by atoms with van der Waals surface area (Å²) in [4.78, 5) is 4.87. The number of para-hydroxylation sites is 1. The molecule has 3 heteroatoms. The van der Waals surface area contributed by atoms with E-state index in [2.05, 4.69) is 34.6 Å². The summed E-state index contributed by atoms with van der Waals surface area (Å²) < 4.78 is 0. The van der Waals surface area contributed by atoms with Gasteiger partial charge in [-0.15, -0.1) is 0 Å². The molecule has 3 aromatic rings. The third-order valence-electron chi connectivity index (χ3n) is 5.74. The summed E-state index contributed by atoms with van der Waals surface area (Å²) in [6.07, 6.45) is 1.70. The van der Waals surface area contributed by atoms with Gasteiger partial charge in [0.25, 0.3) is 0 Å². The van der Waals surface area contributed by atoms with Crippen LogP contribution in [0.2, 0.25) is 0 Å². The van der Waals surface area contributed by atoms with Crippen LogP contribution >= 0.6 is 0 Å². The van der Waals surface area contributed by atoms with Crippen molar-refractivity contribution in [2.24, 2.45) is 10.9 Å². The Kier molecular flexibility index (Phi) is 6.66. The van der Waals surface area contributed by atoms with Crippen molar-refractivity contribution in [2.45, 2.75) is 51.7 Å². The number of hydrogen-bond acceptors (Lipinski definition) is 3. The molecule has 0 aliphatic heterocycles. The molecule has 31 heavy (non-hydrogen) atoms. The van der Waals surface area contributed by atoms with Gasteiger partial charge >= 0.3 is 0 Å². The first-order chi connectivity index (χ1) is 14.7. The Hall–Kier alpha value is -2.91. The van der Waals surface area contributed by atoms with Gasteiger partial charge in [-0.3, -0.25) is 4.99 Å². The zero-order chi connectivity index (χ0) is 22.6. The molecule has 1 atom stereocenters. The van der Waals surface area contributed by atoms with E-state index in [9.17, 15) is 10.2 Å². The maximum absolute atomic E-state index is 12.1. The zero-order valence-electron chi connectivity index (χ0n) is 19.1. The van der Waals surface area contributed by atoms with Crippen molar-refractivity contribution in [3.8, 4) is 5.75 Å². The van der Waals surface area contributed by atoms with E-state index in [0.29, 0.717) is 5.56 Å². The Labute approximate surface area is 186 Å². The van der Waals surface area contributed by atoms with Gasteiger partial charge in [-0.25, -0.2) is 0 Å². The Morgan fingerprint density at radius 3 is 1.74 bits per heavy atom. The average molecular weight is 416 g/mol. The standard InChI is InChI=1S/C28H33NO2/c1-20(2)26(29-19-21-13-12-18-24(25(21)30)27(3,4)5)28(31,22-14-8-6-9-15-22)23-16-10-7-11-17-23/h6-20,26,30-31H,1-5H3/t26-/m0/s1. The van der Waals surface area contributed by atoms with Gasteiger partial charge in [0.1, 0.15) is 11.4 Å². The summed E-state index contributed by atoms with van der Waals surface area (Å²) in [7, 11) is 0. The average Bonchev–Trinajstić information content (AvgIpc) is 2.75. The highest BCUT2D eigenvalue weighted by molar-refractivity contribution is 5.84. The summed E-state index contributed by atoms with van der Waals surface area (Å²) in [6.45, 7) is 10.3. The Balaban J connectivity index is 2.12. The van der Waals surface area contributed by atoms with Crippen LogP contribution in [0.15, 0.2) is 83.9 Å². The predicted molar refractivity (Wildman–Crippen MR) is 129 cm³/mol. The lowest BCUT2D eigenvalue weighted by molar-refractivity contribution is 0.0366. The molecular formula is C28H33NO2. The lowest BCUT2D eigenvalue weighted by Gasteiger charge is -2.37. The van der Waals surface area contributed by atoms with Crippen molar-refractivity contribution in [3.05, 3.63) is 101 Å². The van der Waals surface area contributed by atoms with Crippen LogP contribution in [0, 0.1) is 5.92 Å². The van der Waals surface area contributed by atoms with Gasteiger partial charge in [-0.1, -0.05) is 107 Å². The molecule has 0 aliphatic rings. The summed E-state index contributed by atoms with van der Waals surface area (Å²) >= 11 is 0. The van der Waals surface area contributed by atoms with Gasteiger partial charge in [0.2, 0.25) is 0 Å². The topological polar surface area (TPSA) is 52.8 Å². The number of aliphatic imine (C=N–C) groups is 1. The maximum Gasteiger partial charge on any atom is 0.137 e. The Morgan fingerprint density at radius 2 is 1.29 bits per heavy atom. The van der Waals surface area contributed by atoms with Crippen LogP contribution in [0.25, 0.3) is 0 Å². The molecule has 3 aromatic carbocycles. The number of phenolic OH excluding ortho intramolecular Hbond substituents is 1. The second-order valence-electron chi connectivity index (χ2n) is 9.46. The van der Waals surface area contributed by atoms with Crippen LogP contribution in [0.3, 0.4) is 0 Å². The second-order valence-corrected chi connectivity index (χ2v) is 9.46. The summed E-state index contributed by atoms with van der Waals surface area (Å²) in [5.41, 5.74) is 1.64. The molecule has 3 rings (SSSR count). The lowest BCUT2D eigenvalue weighted by atomic mass is 9.76. The summed E-state index contributed by atoms with van der Waals surface area (Å²) in [5.74, 6) is 0.291. The van der Waals surface area contributed by atoms with Crippen molar-refractivity contribution in [3.63, 3.8) is 0 Å². The molecule has 0 bridgehead atoms. The van der Waals surface area contributed by atoms with Crippen molar-refractivity contribution < 1.29 is 10.2 Å². The van der Waals surface area contributed by atoms with Crippen LogP contribution < -0.4 is 0 Å². The highest BCUT2D eigenvalue weighted by Gasteiger charge is 2.41. The number of hydrogen-bond donors (Lipinski definition) is 2. The minimum atomic E-state index is -1.30. The first kappa shape index (κ1) is 22.8. The van der Waals surface area contributed by atoms with E-state index < -0.39 is 11.6 Å². The quantitative estimate of drug-likeness (QED) is 0.480. The van der Waals surface area contributed by atoms with Gasteiger partial charge in [0, 0.05) is 11.8 Å². The molecule has 0 fully saturated rings. The third kappa shape index (κ3) is 4.72. The maximum atomic E-state index is 12.1.